The third-order valence-electron chi connectivity index (χ3n) is 4.11. The number of Topliss-reactive ketones (excluding diaryl/α,β-unsaturated/α-hetero) is 2. The minimum absolute atomic E-state index is 0.0699. The quantitative estimate of drug-likeness (QED) is 0.668. The molecule has 0 aromatic carbocycles. The maximum absolute atomic E-state index is 12.4. The normalized spacial score (nSPS) is 21.8. The summed E-state index contributed by atoms with van der Waals surface area (Å²) in [5.41, 5.74) is 2.17. The minimum atomic E-state index is -0.846. The monoisotopic (exact) mass is 291 g/mol. The topological polar surface area (TPSA) is 76.2 Å². The van der Waals surface area contributed by atoms with Crippen LogP contribution in [0.5, 0.6) is 0 Å². The molecule has 21 heavy (non-hydrogen) atoms. The molecule has 1 fully saturated rings. The number of aryl methyl sites for hydroxylation is 1. The van der Waals surface area contributed by atoms with E-state index >= 15 is 0 Å². The van der Waals surface area contributed by atoms with Crippen LogP contribution in [0.4, 0.5) is 0 Å². The predicted octanol–water partition coefficient (Wildman–Crippen LogP) is 2.60. The van der Waals surface area contributed by atoms with Crippen molar-refractivity contribution in [2.45, 2.75) is 47.1 Å². The molecule has 5 heteroatoms. The van der Waals surface area contributed by atoms with Gasteiger partial charge in [0.25, 0.3) is 0 Å². The number of aromatic nitrogens is 1. The van der Waals surface area contributed by atoms with Crippen molar-refractivity contribution in [2.24, 2.45) is 11.8 Å². The van der Waals surface area contributed by atoms with Crippen molar-refractivity contribution in [1.82, 2.24) is 4.98 Å². The highest BCUT2D eigenvalue weighted by atomic mass is 16.5. The lowest BCUT2D eigenvalue weighted by Gasteiger charge is -2.12. The summed E-state index contributed by atoms with van der Waals surface area (Å²) in [7, 11) is 0. The van der Waals surface area contributed by atoms with Gasteiger partial charge in [-0.2, -0.15) is 0 Å². The predicted molar refractivity (Wildman–Crippen MR) is 77.4 cm³/mol. The molecule has 1 aromatic rings. The number of hydrogen-bond donors (Lipinski definition) is 1. The molecule has 2 rings (SSSR count). The Morgan fingerprint density at radius 3 is 2.29 bits per heavy atom. The molecule has 114 valence electrons. The van der Waals surface area contributed by atoms with Crippen LogP contribution < -0.4 is 0 Å². The molecule has 5 nitrogen and oxygen atoms in total. The van der Waals surface area contributed by atoms with Gasteiger partial charge < -0.3 is 9.72 Å². The van der Waals surface area contributed by atoms with Crippen molar-refractivity contribution in [3.63, 3.8) is 0 Å². The van der Waals surface area contributed by atoms with E-state index in [4.69, 9.17) is 4.74 Å². The van der Waals surface area contributed by atoms with E-state index in [2.05, 4.69) is 4.98 Å². The number of carbonyl (C=O) groups excluding carboxylic acids is 3. The number of aromatic amines is 1. The van der Waals surface area contributed by atoms with Crippen molar-refractivity contribution in [1.29, 1.82) is 0 Å². The molecule has 0 bridgehead atoms. The Labute approximate surface area is 124 Å². The summed E-state index contributed by atoms with van der Waals surface area (Å²) >= 11 is 0. The summed E-state index contributed by atoms with van der Waals surface area (Å²) in [6.45, 7) is 8.50. The van der Waals surface area contributed by atoms with E-state index in [-0.39, 0.29) is 23.5 Å². The highest BCUT2D eigenvalue weighted by Crippen LogP contribution is 2.39. The SMILES string of the molecule is CC(=O)c1c(C)[nH]c(C(=O)[C@H](C)OC(=O)[C@H]2C[C@@H]2C)c1C. The zero-order chi connectivity index (χ0) is 15.9. The molecule has 1 heterocycles. The summed E-state index contributed by atoms with van der Waals surface area (Å²) in [6.07, 6.45) is -0.0173. The van der Waals surface area contributed by atoms with Crippen molar-refractivity contribution in [2.75, 3.05) is 0 Å². The number of ketones is 2. The number of rotatable bonds is 5. The Morgan fingerprint density at radius 1 is 1.29 bits per heavy atom. The van der Waals surface area contributed by atoms with Crippen LogP contribution in [0.15, 0.2) is 0 Å². The molecule has 0 saturated heterocycles. The van der Waals surface area contributed by atoms with Gasteiger partial charge in [0.2, 0.25) is 5.78 Å². The highest BCUT2D eigenvalue weighted by Gasteiger charge is 2.41. The Morgan fingerprint density at radius 2 is 1.86 bits per heavy atom. The van der Waals surface area contributed by atoms with Gasteiger partial charge in [-0.1, -0.05) is 6.92 Å². The van der Waals surface area contributed by atoms with E-state index in [9.17, 15) is 14.4 Å². The van der Waals surface area contributed by atoms with Gasteiger partial charge in [0, 0.05) is 11.3 Å². The molecule has 1 N–H and O–H groups in total. The maximum atomic E-state index is 12.4. The zero-order valence-electron chi connectivity index (χ0n) is 13.1. The molecule has 0 radical (unpaired) electrons. The lowest BCUT2D eigenvalue weighted by atomic mass is 10.0. The van der Waals surface area contributed by atoms with E-state index in [1.807, 2.05) is 6.92 Å². The maximum Gasteiger partial charge on any atom is 0.309 e. The van der Waals surface area contributed by atoms with Gasteiger partial charge in [0.15, 0.2) is 11.9 Å². The van der Waals surface area contributed by atoms with Crippen molar-refractivity contribution < 1.29 is 19.1 Å². The van der Waals surface area contributed by atoms with Gasteiger partial charge in [-0.15, -0.1) is 0 Å². The zero-order valence-corrected chi connectivity index (χ0v) is 13.1. The first-order chi connectivity index (χ1) is 9.73. The van der Waals surface area contributed by atoms with Gasteiger partial charge in [0.05, 0.1) is 11.6 Å². The van der Waals surface area contributed by atoms with Crippen LogP contribution >= 0.6 is 0 Å². The largest absolute Gasteiger partial charge is 0.454 e. The number of hydrogen-bond acceptors (Lipinski definition) is 4. The summed E-state index contributed by atoms with van der Waals surface area (Å²) in [6, 6.07) is 0. The molecule has 0 spiro atoms. The molecule has 0 unspecified atom stereocenters. The molecule has 1 aliphatic carbocycles. The number of ether oxygens (including phenoxy) is 1. The van der Waals surface area contributed by atoms with Crippen LogP contribution in [-0.4, -0.2) is 28.6 Å². The first kappa shape index (κ1) is 15.5. The summed E-state index contributed by atoms with van der Waals surface area (Å²) in [5.74, 6) is -0.421. The van der Waals surface area contributed by atoms with Crippen molar-refractivity contribution in [3.05, 3.63) is 22.5 Å². The second kappa shape index (κ2) is 5.47. The fraction of sp³-hybridized carbons (Fsp3) is 0.562. The Hall–Kier alpha value is -1.91. The van der Waals surface area contributed by atoms with E-state index < -0.39 is 6.10 Å². The number of H-pyrrole nitrogens is 1. The standard InChI is InChI=1S/C16H21NO4/c1-7-6-12(7)16(20)21-11(5)15(19)14-8(2)13(10(4)18)9(3)17-14/h7,11-12,17H,6H2,1-5H3/t7-,11-,12-/m0/s1. The Balaban J connectivity index is 2.14. The molecule has 1 aromatic heterocycles. The van der Waals surface area contributed by atoms with Gasteiger partial charge in [-0.3, -0.25) is 14.4 Å². The minimum Gasteiger partial charge on any atom is -0.454 e. The average molecular weight is 291 g/mol. The van der Waals surface area contributed by atoms with Gasteiger partial charge in [0.1, 0.15) is 0 Å². The van der Waals surface area contributed by atoms with E-state index in [0.29, 0.717) is 28.4 Å². The first-order valence-corrected chi connectivity index (χ1v) is 7.18. The van der Waals surface area contributed by atoms with E-state index in [0.717, 1.165) is 6.42 Å². The average Bonchev–Trinajstić information content (AvgIpc) is 3.03. The van der Waals surface area contributed by atoms with Crippen LogP contribution in [0, 0.1) is 25.7 Å². The highest BCUT2D eigenvalue weighted by molar-refractivity contribution is 6.05. The van der Waals surface area contributed by atoms with Crippen LogP contribution in [0.2, 0.25) is 0 Å². The first-order valence-electron chi connectivity index (χ1n) is 7.18. The number of nitrogens with one attached hydrogen (secondary N) is 1. The Kier molecular flexibility index (Phi) is 4.03. The molecule has 3 atom stereocenters. The van der Waals surface area contributed by atoms with Gasteiger partial charge in [-0.05, 0) is 45.6 Å². The molecular weight excluding hydrogens is 270 g/mol. The summed E-state index contributed by atoms with van der Waals surface area (Å²) in [4.78, 5) is 38.7. The molecule has 0 aliphatic heterocycles. The second-order valence-electron chi connectivity index (χ2n) is 5.94. The van der Waals surface area contributed by atoms with Crippen LogP contribution in [0.3, 0.4) is 0 Å². The fourth-order valence-corrected chi connectivity index (χ4v) is 2.69. The molecular formula is C16H21NO4. The van der Waals surface area contributed by atoms with E-state index in [1.54, 1.807) is 20.8 Å². The third kappa shape index (κ3) is 2.91. The van der Waals surface area contributed by atoms with E-state index in [1.165, 1.54) is 6.92 Å². The van der Waals surface area contributed by atoms with Crippen LogP contribution in [0.25, 0.3) is 0 Å². The van der Waals surface area contributed by atoms with Gasteiger partial charge >= 0.3 is 5.97 Å². The molecule has 0 amide bonds. The third-order valence-corrected chi connectivity index (χ3v) is 4.11. The lowest BCUT2D eigenvalue weighted by Crippen LogP contribution is -2.26. The lowest BCUT2D eigenvalue weighted by molar-refractivity contribution is -0.148. The number of esters is 1. The molecule has 1 aliphatic rings. The molecule has 1 saturated carbocycles. The number of carbonyl (C=O) groups is 3. The Bertz CT molecular complexity index is 614. The van der Waals surface area contributed by atoms with Crippen molar-refractivity contribution in [3.8, 4) is 0 Å². The fourth-order valence-electron chi connectivity index (χ4n) is 2.69. The summed E-state index contributed by atoms with van der Waals surface area (Å²) in [5, 5.41) is 0. The summed E-state index contributed by atoms with van der Waals surface area (Å²) < 4.78 is 5.23. The van der Waals surface area contributed by atoms with Gasteiger partial charge in [-0.25, -0.2) is 0 Å². The second-order valence-corrected chi connectivity index (χ2v) is 5.94. The van der Waals surface area contributed by atoms with Crippen LogP contribution in [-0.2, 0) is 9.53 Å². The van der Waals surface area contributed by atoms with Crippen LogP contribution in [0.1, 0.15) is 59.3 Å². The smallest absolute Gasteiger partial charge is 0.309 e. The van der Waals surface area contributed by atoms with Crippen molar-refractivity contribution >= 4 is 17.5 Å².